The summed E-state index contributed by atoms with van der Waals surface area (Å²) in [6.45, 7) is 0. The Morgan fingerprint density at radius 3 is 2.62 bits per heavy atom. The smallest absolute Gasteiger partial charge is 0.261 e. The lowest BCUT2D eigenvalue weighted by molar-refractivity contribution is 0.338. The van der Waals surface area contributed by atoms with Crippen molar-refractivity contribution in [3.8, 4) is 0 Å². The molecule has 24 heavy (non-hydrogen) atoms. The van der Waals surface area contributed by atoms with Gasteiger partial charge in [-0.1, -0.05) is 30.9 Å². The highest BCUT2D eigenvalue weighted by Crippen LogP contribution is 2.32. The molecule has 1 aliphatic rings. The molecule has 3 aromatic rings. The number of aromatic amines is 1. The van der Waals surface area contributed by atoms with Gasteiger partial charge in [-0.2, -0.15) is 5.10 Å². The molecule has 2 heterocycles. The number of halogens is 1. The monoisotopic (exact) mass is 342 g/mol. The Kier molecular flexibility index (Phi) is 4.02. The SMILES string of the molecule is O=c1[nH]ccc2c1c(Nc1ccc(Cl)cc1)nn2C1CCCCC1. The van der Waals surface area contributed by atoms with Gasteiger partial charge in [0.25, 0.3) is 5.56 Å². The van der Waals surface area contributed by atoms with Gasteiger partial charge < -0.3 is 10.3 Å². The van der Waals surface area contributed by atoms with Crippen LogP contribution in [0.5, 0.6) is 0 Å². The molecule has 2 N–H and O–H groups in total. The first-order chi connectivity index (χ1) is 11.7. The molecule has 124 valence electrons. The Bertz CT molecular complexity index is 907. The van der Waals surface area contributed by atoms with Crippen LogP contribution >= 0.6 is 11.6 Å². The molecule has 0 saturated heterocycles. The molecule has 2 aromatic heterocycles. The minimum atomic E-state index is -0.119. The van der Waals surface area contributed by atoms with Crippen LogP contribution in [0.25, 0.3) is 10.9 Å². The van der Waals surface area contributed by atoms with Crippen molar-refractivity contribution in [2.75, 3.05) is 5.32 Å². The van der Waals surface area contributed by atoms with Gasteiger partial charge in [0.05, 0.1) is 11.6 Å². The lowest BCUT2D eigenvalue weighted by Crippen LogP contribution is -2.14. The van der Waals surface area contributed by atoms with Crippen LogP contribution in [0.2, 0.25) is 5.02 Å². The third kappa shape index (κ3) is 2.80. The van der Waals surface area contributed by atoms with Crippen molar-refractivity contribution in [2.45, 2.75) is 38.1 Å². The van der Waals surface area contributed by atoms with E-state index in [1.165, 1.54) is 19.3 Å². The molecule has 4 rings (SSSR count). The van der Waals surface area contributed by atoms with Gasteiger partial charge in [-0.05, 0) is 43.2 Å². The summed E-state index contributed by atoms with van der Waals surface area (Å²) in [7, 11) is 0. The molecule has 0 unspecified atom stereocenters. The van der Waals surface area contributed by atoms with Crippen molar-refractivity contribution >= 4 is 34.0 Å². The van der Waals surface area contributed by atoms with Crippen molar-refractivity contribution in [1.82, 2.24) is 14.8 Å². The fourth-order valence-electron chi connectivity index (χ4n) is 3.46. The molecule has 0 radical (unpaired) electrons. The average Bonchev–Trinajstić information content (AvgIpc) is 2.98. The van der Waals surface area contributed by atoms with Crippen molar-refractivity contribution in [1.29, 1.82) is 0 Å². The number of rotatable bonds is 3. The van der Waals surface area contributed by atoms with E-state index in [0.717, 1.165) is 24.0 Å². The van der Waals surface area contributed by atoms with E-state index < -0.39 is 0 Å². The second kappa shape index (κ2) is 6.32. The molecule has 5 nitrogen and oxygen atoms in total. The van der Waals surface area contributed by atoms with Gasteiger partial charge in [0, 0.05) is 16.9 Å². The summed E-state index contributed by atoms with van der Waals surface area (Å²) in [5, 5.41) is 9.29. The van der Waals surface area contributed by atoms with E-state index in [2.05, 4.69) is 10.3 Å². The third-order valence-electron chi connectivity index (χ3n) is 4.66. The Labute approximate surface area is 144 Å². The number of nitrogens with one attached hydrogen (secondary N) is 2. The van der Waals surface area contributed by atoms with E-state index in [0.29, 0.717) is 22.3 Å². The number of anilines is 2. The molecular weight excluding hydrogens is 324 g/mol. The van der Waals surface area contributed by atoms with Crippen molar-refractivity contribution in [3.05, 3.63) is 51.9 Å². The van der Waals surface area contributed by atoms with Crippen LogP contribution in [-0.4, -0.2) is 14.8 Å². The van der Waals surface area contributed by atoms with E-state index in [1.54, 1.807) is 6.20 Å². The zero-order valence-corrected chi connectivity index (χ0v) is 14.0. The minimum Gasteiger partial charge on any atom is -0.338 e. The number of aromatic nitrogens is 3. The summed E-state index contributed by atoms with van der Waals surface area (Å²) in [5.74, 6) is 0.597. The first-order valence-corrected chi connectivity index (χ1v) is 8.73. The van der Waals surface area contributed by atoms with Crippen LogP contribution in [0.15, 0.2) is 41.3 Å². The summed E-state index contributed by atoms with van der Waals surface area (Å²) < 4.78 is 2.03. The Morgan fingerprint density at radius 1 is 1.12 bits per heavy atom. The quantitative estimate of drug-likeness (QED) is 0.729. The van der Waals surface area contributed by atoms with Crippen molar-refractivity contribution < 1.29 is 0 Å². The number of benzene rings is 1. The Hall–Kier alpha value is -2.27. The van der Waals surface area contributed by atoms with Crippen LogP contribution in [0, 0.1) is 0 Å². The van der Waals surface area contributed by atoms with Gasteiger partial charge in [0.2, 0.25) is 0 Å². The highest BCUT2D eigenvalue weighted by atomic mass is 35.5. The zero-order chi connectivity index (χ0) is 16.5. The average molecular weight is 343 g/mol. The number of hydrogen-bond acceptors (Lipinski definition) is 3. The summed E-state index contributed by atoms with van der Waals surface area (Å²) >= 11 is 5.94. The molecule has 0 bridgehead atoms. The molecule has 1 fully saturated rings. The number of H-pyrrole nitrogens is 1. The standard InChI is InChI=1S/C18H19ClN4O/c19-12-6-8-13(9-7-12)21-17-16-15(10-11-20-18(16)24)23(22-17)14-4-2-1-3-5-14/h6-11,14H,1-5H2,(H,20,24)(H,21,22). The first-order valence-electron chi connectivity index (χ1n) is 8.35. The molecule has 0 atom stereocenters. The fourth-order valence-corrected chi connectivity index (χ4v) is 3.59. The van der Waals surface area contributed by atoms with Crippen LogP contribution < -0.4 is 10.9 Å². The Balaban J connectivity index is 1.79. The lowest BCUT2D eigenvalue weighted by atomic mass is 9.95. The predicted octanol–water partition coefficient (Wildman–Crippen LogP) is 4.63. The van der Waals surface area contributed by atoms with E-state index in [-0.39, 0.29) is 5.56 Å². The molecule has 1 aliphatic carbocycles. The van der Waals surface area contributed by atoms with E-state index in [1.807, 2.05) is 35.0 Å². The highest BCUT2D eigenvalue weighted by Gasteiger charge is 2.21. The summed E-state index contributed by atoms with van der Waals surface area (Å²) in [6, 6.07) is 9.69. The number of pyridine rings is 1. The summed E-state index contributed by atoms with van der Waals surface area (Å²) in [4.78, 5) is 15.1. The molecule has 0 aliphatic heterocycles. The van der Waals surface area contributed by atoms with E-state index in [4.69, 9.17) is 16.7 Å². The molecule has 1 aromatic carbocycles. The van der Waals surface area contributed by atoms with Gasteiger partial charge in [0.15, 0.2) is 5.82 Å². The second-order valence-corrected chi connectivity index (χ2v) is 6.72. The van der Waals surface area contributed by atoms with Crippen LogP contribution in [0.3, 0.4) is 0 Å². The molecule has 1 saturated carbocycles. The Morgan fingerprint density at radius 2 is 1.88 bits per heavy atom. The van der Waals surface area contributed by atoms with Crippen LogP contribution in [0.1, 0.15) is 38.1 Å². The highest BCUT2D eigenvalue weighted by molar-refractivity contribution is 6.30. The predicted molar refractivity (Wildman–Crippen MR) is 97.2 cm³/mol. The van der Waals surface area contributed by atoms with Crippen LogP contribution in [0.4, 0.5) is 11.5 Å². The number of hydrogen-bond donors (Lipinski definition) is 2. The molecular formula is C18H19ClN4O. The second-order valence-electron chi connectivity index (χ2n) is 6.28. The van der Waals surface area contributed by atoms with Crippen LogP contribution in [-0.2, 0) is 0 Å². The first kappa shape index (κ1) is 15.3. The summed E-state index contributed by atoms with van der Waals surface area (Å²) in [5.41, 5.74) is 1.63. The van der Waals surface area contributed by atoms with Gasteiger partial charge >= 0.3 is 0 Å². The van der Waals surface area contributed by atoms with E-state index in [9.17, 15) is 4.79 Å². The molecule has 0 spiro atoms. The molecule has 0 amide bonds. The number of nitrogens with zero attached hydrogens (tertiary/aromatic N) is 2. The zero-order valence-electron chi connectivity index (χ0n) is 13.3. The fraction of sp³-hybridized carbons (Fsp3) is 0.333. The van der Waals surface area contributed by atoms with Crippen molar-refractivity contribution in [2.24, 2.45) is 0 Å². The van der Waals surface area contributed by atoms with Gasteiger partial charge in [-0.3, -0.25) is 9.48 Å². The topological polar surface area (TPSA) is 62.7 Å². The van der Waals surface area contributed by atoms with Gasteiger partial charge in [-0.25, -0.2) is 0 Å². The summed E-state index contributed by atoms with van der Waals surface area (Å²) in [6.07, 6.45) is 7.64. The lowest BCUT2D eigenvalue weighted by Gasteiger charge is -2.22. The van der Waals surface area contributed by atoms with Gasteiger partial charge in [0.1, 0.15) is 5.39 Å². The maximum atomic E-state index is 12.4. The molecule has 6 heteroatoms. The maximum Gasteiger partial charge on any atom is 0.261 e. The normalized spacial score (nSPS) is 15.7. The maximum absolute atomic E-state index is 12.4. The van der Waals surface area contributed by atoms with E-state index >= 15 is 0 Å². The number of fused-ring (bicyclic) bond motifs is 1. The van der Waals surface area contributed by atoms with Gasteiger partial charge in [-0.15, -0.1) is 0 Å². The largest absolute Gasteiger partial charge is 0.338 e. The van der Waals surface area contributed by atoms with Crippen molar-refractivity contribution in [3.63, 3.8) is 0 Å². The third-order valence-corrected chi connectivity index (χ3v) is 4.91. The minimum absolute atomic E-state index is 0.119.